The molecule has 0 radical (unpaired) electrons. The smallest absolute Gasteiger partial charge is 0.280 e. The molecule has 0 spiro atoms. The molecule has 4 rings (SSSR count). The van der Waals surface area contributed by atoms with Gasteiger partial charge in [0.05, 0.1) is 18.8 Å². The number of nitrogens with one attached hydrogen (secondary N) is 1. The van der Waals surface area contributed by atoms with E-state index in [4.69, 9.17) is 4.74 Å². The highest BCUT2D eigenvalue weighted by molar-refractivity contribution is 6.04. The van der Waals surface area contributed by atoms with Crippen LogP contribution in [0, 0.1) is 18.3 Å². The molecule has 1 aliphatic heterocycles. The van der Waals surface area contributed by atoms with Gasteiger partial charge in [-0.25, -0.2) is 13.8 Å². The first-order chi connectivity index (χ1) is 16.0. The Morgan fingerprint density at radius 1 is 1.18 bits per heavy atom. The number of nitrogens with zero attached hydrogens (tertiary/aromatic N) is 4. The summed E-state index contributed by atoms with van der Waals surface area (Å²) in [7, 11) is 0. The molecule has 1 saturated heterocycles. The van der Waals surface area contributed by atoms with Gasteiger partial charge in [0.1, 0.15) is 17.6 Å². The number of morpholine rings is 1. The lowest BCUT2D eigenvalue weighted by Crippen LogP contribution is -2.37. The lowest BCUT2D eigenvalue weighted by atomic mass is 9.99. The number of halogens is 2. The van der Waals surface area contributed by atoms with E-state index in [1.54, 1.807) is 24.4 Å². The number of nitriles is 1. The summed E-state index contributed by atoms with van der Waals surface area (Å²) >= 11 is 0. The maximum absolute atomic E-state index is 12.9. The standard InChI is InChI=1S/C24H21F2N5O2/c1-15-2-3-19(30-24(32)16-4-5-28-21(11-16)22(25)26)12-20(15)18-10-17(13-27)23(29-14-18)31-6-8-33-9-7-31/h2-5,10-12,14,22H,6-9H2,1H3,(H,30,32). The van der Waals surface area contributed by atoms with Gasteiger partial charge in [0.25, 0.3) is 12.3 Å². The third-order valence-corrected chi connectivity index (χ3v) is 5.37. The van der Waals surface area contributed by atoms with E-state index in [1.165, 1.54) is 12.3 Å². The van der Waals surface area contributed by atoms with Crippen molar-refractivity contribution in [1.82, 2.24) is 9.97 Å². The van der Waals surface area contributed by atoms with Gasteiger partial charge in [-0.3, -0.25) is 9.78 Å². The molecule has 2 aromatic heterocycles. The Morgan fingerprint density at radius 2 is 1.97 bits per heavy atom. The summed E-state index contributed by atoms with van der Waals surface area (Å²) in [6.45, 7) is 4.44. The second-order valence-corrected chi connectivity index (χ2v) is 7.56. The van der Waals surface area contributed by atoms with Gasteiger partial charge in [0, 0.05) is 42.3 Å². The van der Waals surface area contributed by atoms with Gasteiger partial charge in [-0.15, -0.1) is 0 Å². The number of alkyl halides is 2. The van der Waals surface area contributed by atoms with Crippen molar-refractivity contribution < 1.29 is 18.3 Å². The van der Waals surface area contributed by atoms with Crippen molar-refractivity contribution >= 4 is 17.4 Å². The number of aryl methyl sites for hydroxylation is 1. The van der Waals surface area contributed by atoms with Crippen LogP contribution in [0.4, 0.5) is 20.3 Å². The number of ether oxygens (including phenoxy) is 1. The Labute approximate surface area is 189 Å². The number of benzene rings is 1. The van der Waals surface area contributed by atoms with E-state index < -0.39 is 18.0 Å². The SMILES string of the molecule is Cc1ccc(NC(=O)c2ccnc(C(F)F)c2)cc1-c1cnc(N2CCOCC2)c(C#N)c1. The van der Waals surface area contributed by atoms with Crippen molar-refractivity contribution in [3.05, 3.63) is 71.2 Å². The van der Waals surface area contributed by atoms with Crippen LogP contribution < -0.4 is 10.2 Å². The summed E-state index contributed by atoms with van der Waals surface area (Å²) < 4.78 is 31.2. The Morgan fingerprint density at radius 3 is 2.70 bits per heavy atom. The highest BCUT2D eigenvalue weighted by Crippen LogP contribution is 2.30. The minimum absolute atomic E-state index is 0.0886. The molecule has 1 fully saturated rings. The minimum atomic E-state index is -2.76. The number of carbonyl (C=O) groups is 1. The van der Waals surface area contributed by atoms with Crippen molar-refractivity contribution in [2.75, 3.05) is 36.5 Å². The molecule has 0 saturated carbocycles. The van der Waals surface area contributed by atoms with Gasteiger partial charge in [-0.1, -0.05) is 6.07 Å². The van der Waals surface area contributed by atoms with Crippen LogP contribution >= 0.6 is 0 Å². The molecule has 168 valence electrons. The highest BCUT2D eigenvalue weighted by atomic mass is 19.3. The van der Waals surface area contributed by atoms with Crippen molar-refractivity contribution in [2.45, 2.75) is 13.3 Å². The highest BCUT2D eigenvalue weighted by Gasteiger charge is 2.18. The molecule has 7 nitrogen and oxygen atoms in total. The molecule has 1 aliphatic rings. The normalized spacial score (nSPS) is 13.6. The summed E-state index contributed by atoms with van der Waals surface area (Å²) in [6.07, 6.45) is 0.130. The van der Waals surface area contributed by atoms with Crippen LogP contribution in [0.15, 0.2) is 48.8 Å². The Kier molecular flexibility index (Phi) is 6.56. The summed E-state index contributed by atoms with van der Waals surface area (Å²) in [6, 6.07) is 11.8. The van der Waals surface area contributed by atoms with Crippen LogP contribution in [-0.2, 0) is 4.74 Å². The monoisotopic (exact) mass is 449 g/mol. The molecule has 3 heterocycles. The maximum Gasteiger partial charge on any atom is 0.280 e. The molecule has 0 aliphatic carbocycles. The number of hydrogen-bond acceptors (Lipinski definition) is 6. The first-order valence-electron chi connectivity index (χ1n) is 10.4. The van der Waals surface area contributed by atoms with Gasteiger partial charge in [-0.2, -0.15) is 5.26 Å². The summed E-state index contributed by atoms with van der Waals surface area (Å²) in [5, 5.41) is 12.4. The van der Waals surface area contributed by atoms with Crippen molar-refractivity contribution in [1.29, 1.82) is 5.26 Å². The van der Waals surface area contributed by atoms with Gasteiger partial charge >= 0.3 is 0 Å². The Hall–Kier alpha value is -3.90. The largest absolute Gasteiger partial charge is 0.378 e. The topological polar surface area (TPSA) is 91.1 Å². The Bertz CT molecular complexity index is 1220. The van der Waals surface area contributed by atoms with Crippen LogP contribution in [0.5, 0.6) is 0 Å². The van der Waals surface area contributed by atoms with Crippen LogP contribution in [0.1, 0.15) is 33.6 Å². The van der Waals surface area contributed by atoms with E-state index in [0.29, 0.717) is 43.4 Å². The molecule has 1 N–H and O–H groups in total. The van der Waals surface area contributed by atoms with E-state index in [2.05, 4.69) is 21.4 Å². The first-order valence-corrected chi connectivity index (χ1v) is 10.4. The van der Waals surface area contributed by atoms with E-state index >= 15 is 0 Å². The molecule has 0 bridgehead atoms. The van der Waals surface area contributed by atoms with E-state index in [-0.39, 0.29) is 5.56 Å². The fourth-order valence-electron chi connectivity index (χ4n) is 3.64. The van der Waals surface area contributed by atoms with E-state index in [1.807, 2.05) is 17.9 Å². The molecule has 0 unspecified atom stereocenters. The lowest BCUT2D eigenvalue weighted by molar-refractivity contribution is 0.102. The molecule has 1 amide bonds. The number of rotatable bonds is 5. The van der Waals surface area contributed by atoms with E-state index in [9.17, 15) is 18.8 Å². The number of hydrogen-bond donors (Lipinski definition) is 1. The fraction of sp³-hybridized carbons (Fsp3) is 0.250. The van der Waals surface area contributed by atoms with Gasteiger partial charge < -0.3 is 15.0 Å². The van der Waals surface area contributed by atoms with Crippen LogP contribution in [0.3, 0.4) is 0 Å². The van der Waals surface area contributed by atoms with Crippen LogP contribution in [-0.4, -0.2) is 42.2 Å². The zero-order chi connectivity index (χ0) is 23.4. The van der Waals surface area contributed by atoms with E-state index in [0.717, 1.165) is 22.8 Å². The molecule has 3 aromatic rings. The molecule has 1 aromatic carbocycles. The number of pyridine rings is 2. The predicted octanol–water partition coefficient (Wildman–Crippen LogP) is 4.35. The summed E-state index contributed by atoms with van der Waals surface area (Å²) in [4.78, 5) is 22.7. The first kappa shape index (κ1) is 22.3. The molecular weight excluding hydrogens is 428 g/mol. The van der Waals surface area contributed by atoms with Crippen LogP contribution in [0.2, 0.25) is 0 Å². The second-order valence-electron chi connectivity index (χ2n) is 7.56. The molecular formula is C24H21F2N5O2. The van der Waals surface area contributed by atoms with Crippen molar-refractivity contribution in [3.63, 3.8) is 0 Å². The maximum atomic E-state index is 12.9. The zero-order valence-electron chi connectivity index (χ0n) is 17.9. The van der Waals surface area contributed by atoms with Crippen molar-refractivity contribution in [2.24, 2.45) is 0 Å². The molecule has 0 atom stereocenters. The third kappa shape index (κ3) is 4.96. The van der Waals surface area contributed by atoms with Gasteiger partial charge in [-0.05, 0) is 48.4 Å². The van der Waals surface area contributed by atoms with Gasteiger partial charge in [0.15, 0.2) is 0 Å². The zero-order valence-corrected chi connectivity index (χ0v) is 17.9. The lowest BCUT2D eigenvalue weighted by Gasteiger charge is -2.28. The second kappa shape index (κ2) is 9.71. The minimum Gasteiger partial charge on any atom is -0.378 e. The predicted molar refractivity (Wildman–Crippen MR) is 119 cm³/mol. The average Bonchev–Trinajstić information content (AvgIpc) is 2.85. The van der Waals surface area contributed by atoms with Crippen molar-refractivity contribution in [3.8, 4) is 17.2 Å². The fourth-order valence-corrected chi connectivity index (χ4v) is 3.64. The average molecular weight is 449 g/mol. The summed E-state index contributed by atoms with van der Waals surface area (Å²) in [5.41, 5.74) is 3.05. The van der Waals surface area contributed by atoms with Gasteiger partial charge in [0.2, 0.25) is 0 Å². The molecule has 9 heteroatoms. The molecule has 33 heavy (non-hydrogen) atoms. The summed E-state index contributed by atoms with van der Waals surface area (Å²) in [5.74, 6) is 0.104. The number of carbonyl (C=O) groups excluding carboxylic acids is 1. The third-order valence-electron chi connectivity index (χ3n) is 5.37. The Balaban J connectivity index is 1.60. The number of aromatic nitrogens is 2. The number of amides is 1. The quantitative estimate of drug-likeness (QED) is 0.623. The number of anilines is 2. The van der Waals surface area contributed by atoms with Crippen LogP contribution in [0.25, 0.3) is 11.1 Å².